The van der Waals surface area contributed by atoms with E-state index in [1.54, 1.807) is 0 Å². The van der Waals surface area contributed by atoms with Crippen LogP contribution >= 0.6 is 0 Å². The van der Waals surface area contributed by atoms with Crippen molar-refractivity contribution in [1.82, 2.24) is 0 Å². The van der Waals surface area contributed by atoms with Crippen LogP contribution in [0.2, 0.25) is 0 Å². The van der Waals surface area contributed by atoms with Gasteiger partial charge < -0.3 is 4.74 Å². The average molecular weight is 264 g/mol. The summed E-state index contributed by atoms with van der Waals surface area (Å²) in [5.74, 6) is -2.47. The molecule has 0 unspecified atom stereocenters. The van der Waals surface area contributed by atoms with Gasteiger partial charge in [0, 0.05) is 12.8 Å². The average Bonchev–Trinajstić information content (AvgIpc) is 2.30. The highest BCUT2D eigenvalue weighted by Gasteiger charge is 2.12. The molecule has 0 aliphatic rings. The van der Waals surface area contributed by atoms with Crippen LogP contribution < -0.4 is 0 Å². The first-order chi connectivity index (χ1) is 8.50. The number of rotatable bonds is 7. The highest BCUT2D eigenvalue weighted by atomic mass is 19.3. The van der Waals surface area contributed by atoms with Crippen molar-refractivity contribution in [3.8, 4) is 0 Å². The number of Topliss-reactive ketones (excluding diaryl/α,β-unsaturated/α-hetero) is 1. The summed E-state index contributed by atoms with van der Waals surface area (Å²) >= 11 is 0. The Balaban J connectivity index is 2.38. The summed E-state index contributed by atoms with van der Waals surface area (Å²) in [6.45, 7) is -0.887. The topological polar surface area (TPSA) is 26.3 Å². The summed E-state index contributed by atoms with van der Waals surface area (Å²) < 4.78 is 54.0. The van der Waals surface area contributed by atoms with Gasteiger partial charge in [0.05, 0.1) is 6.61 Å². The molecule has 1 aromatic carbocycles. The molecule has 1 rings (SSSR count). The number of carbonyl (C=O) groups excluding carboxylic acids is 1. The molecule has 0 atom stereocenters. The minimum atomic E-state index is -2.58. The maximum atomic E-state index is 13.2. The second kappa shape index (κ2) is 7.10. The van der Waals surface area contributed by atoms with Gasteiger partial charge in [-0.15, -0.1) is 0 Å². The Bertz CT molecular complexity index is 407. The first-order valence-electron chi connectivity index (χ1n) is 5.31. The van der Waals surface area contributed by atoms with E-state index in [1.165, 1.54) is 12.1 Å². The SMILES string of the molecule is O=C(CCOCC(F)F)Cc1cccc(F)c1F. The zero-order valence-electron chi connectivity index (χ0n) is 9.47. The number of hydrogen-bond acceptors (Lipinski definition) is 2. The maximum absolute atomic E-state index is 13.2. The van der Waals surface area contributed by atoms with E-state index in [1.807, 2.05) is 0 Å². The van der Waals surface area contributed by atoms with Crippen molar-refractivity contribution < 1.29 is 27.1 Å². The molecule has 0 saturated carbocycles. The standard InChI is InChI=1S/C12H12F4O2/c13-10-3-1-2-8(12(10)16)6-9(17)4-5-18-7-11(14)15/h1-3,11H,4-7H2. The van der Waals surface area contributed by atoms with E-state index >= 15 is 0 Å². The van der Waals surface area contributed by atoms with Crippen molar-refractivity contribution in [3.63, 3.8) is 0 Å². The zero-order valence-corrected chi connectivity index (χ0v) is 9.47. The Labute approximate surface area is 102 Å². The van der Waals surface area contributed by atoms with Crippen molar-refractivity contribution in [2.45, 2.75) is 19.3 Å². The quantitative estimate of drug-likeness (QED) is 0.559. The number of ketones is 1. The summed E-state index contributed by atoms with van der Waals surface area (Å²) in [6.07, 6.45) is -2.97. The van der Waals surface area contributed by atoms with E-state index in [0.29, 0.717) is 0 Å². The first-order valence-corrected chi connectivity index (χ1v) is 5.31. The van der Waals surface area contributed by atoms with Crippen LogP contribution in [0.3, 0.4) is 0 Å². The molecule has 0 bridgehead atoms. The molecule has 18 heavy (non-hydrogen) atoms. The molecule has 0 N–H and O–H groups in total. The fourth-order valence-corrected chi connectivity index (χ4v) is 1.34. The van der Waals surface area contributed by atoms with Crippen LogP contribution in [-0.4, -0.2) is 25.4 Å². The fraction of sp³-hybridized carbons (Fsp3) is 0.417. The Morgan fingerprint density at radius 2 is 2.00 bits per heavy atom. The molecule has 0 saturated heterocycles. The van der Waals surface area contributed by atoms with Gasteiger partial charge in [-0.05, 0) is 11.6 Å². The highest BCUT2D eigenvalue weighted by molar-refractivity contribution is 5.80. The molecule has 100 valence electrons. The van der Waals surface area contributed by atoms with E-state index in [0.717, 1.165) is 6.07 Å². The Kier molecular flexibility index (Phi) is 5.77. The summed E-state index contributed by atoms with van der Waals surface area (Å²) in [5.41, 5.74) is -0.0474. The monoisotopic (exact) mass is 264 g/mol. The summed E-state index contributed by atoms with van der Waals surface area (Å²) in [5, 5.41) is 0. The lowest BCUT2D eigenvalue weighted by molar-refractivity contribution is -0.119. The molecule has 0 aromatic heterocycles. The van der Waals surface area contributed by atoms with Gasteiger partial charge >= 0.3 is 0 Å². The highest BCUT2D eigenvalue weighted by Crippen LogP contribution is 2.12. The van der Waals surface area contributed by atoms with Gasteiger partial charge in [0.25, 0.3) is 6.43 Å². The summed E-state index contributed by atoms with van der Waals surface area (Å²) in [4.78, 5) is 11.4. The van der Waals surface area contributed by atoms with E-state index < -0.39 is 30.5 Å². The number of halogens is 4. The van der Waals surface area contributed by atoms with E-state index in [-0.39, 0.29) is 25.0 Å². The van der Waals surface area contributed by atoms with Crippen molar-refractivity contribution in [2.75, 3.05) is 13.2 Å². The van der Waals surface area contributed by atoms with Gasteiger partial charge in [-0.3, -0.25) is 4.79 Å². The van der Waals surface area contributed by atoms with Crippen molar-refractivity contribution in [1.29, 1.82) is 0 Å². The number of benzene rings is 1. The molecule has 2 nitrogen and oxygen atoms in total. The van der Waals surface area contributed by atoms with Gasteiger partial charge in [0.1, 0.15) is 12.4 Å². The van der Waals surface area contributed by atoms with Gasteiger partial charge in [0.2, 0.25) is 0 Å². The van der Waals surface area contributed by atoms with Crippen LogP contribution in [0.25, 0.3) is 0 Å². The largest absolute Gasteiger partial charge is 0.375 e. The maximum Gasteiger partial charge on any atom is 0.261 e. The minimum Gasteiger partial charge on any atom is -0.375 e. The van der Waals surface area contributed by atoms with Gasteiger partial charge in [0.15, 0.2) is 11.6 Å². The molecular weight excluding hydrogens is 252 g/mol. The Morgan fingerprint density at radius 3 is 2.67 bits per heavy atom. The number of hydrogen-bond donors (Lipinski definition) is 0. The van der Waals surface area contributed by atoms with E-state index in [2.05, 4.69) is 4.74 Å². The van der Waals surface area contributed by atoms with Gasteiger partial charge in [-0.1, -0.05) is 12.1 Å². The van der Waals surface area contributed by atoms with E-state index in [4.69, 9.17) is 0 Å². The predicted molar refractivity (Wildman–Crippen MR) is 56.5 cm³/mol. The predicted octanol–water partition coefficient (Wildman–Crippen LogP) is 2.75. The fourth-order valence-electron chi connectivity index (χ4n) is 1.34. The summed E-state index contributed by atoms with van der Waals surface area (Å²) in [7, 11) is 0. The van der Waals surface area contributed by atoms with Crippen molar-refractivity contribution >= 4 is 5.78 Å². The Morgan fingerprint density at radius 1 is 1.28 bits per heavy atom. The molecule has 0 heterocycles. The second-order valence-corrected chi connectivity index (χ2v) is 3.64. The van der Waals surface area contributed by atoms with Crippen LogP contribution in [-0.2, 0) is 16.0 Å². The molecule has 0 aliphatic heterocycles. The van der Waals surface area contributed by atoms with E-state index in [9.17, 15) is 22.4 Å². The molecule has 0 amide bonds. The number of alkyl halides is 2. The lowest BCUT2D eigenvalue weighted by atomic mass is 10.1. The zero-order chi connectivity index (χ0) is 13.5. The molecule has 6 heteroatoms. The molecule has 0 fully saturated rings. The van der Waals surface area contributed by atoms with Crippen molar-refractivity contribution in [2.24, 2.45) is 0 Å². The molecule has 1 aromatic rings. The van der Waals surface area contributed by atoms with Gasteiger partial charge in [-0.2, -0.15) is 0 Å². The normalized spacial score (nSPS) is 10.9. The van der Waals surface area contributed by atoms with Crippen molar-refractivity contribution in [3.05, 3.63) is 35.4 Å². The van der Waals surface area contributed by atoms with Crippen LogP contribution in [0.5, 0.6) is 0 Å². The second-order valence-electron chi connectivity index (χ2n) is 3.64. The molecule has 0 spiro atoms. The third-order valence-electron chi connectivity index (χ3n) is 2.19. The van der Waals surface area contributed by atoms with Crippen LogP contribution in [0.4, 0.5) is 17.6 Å². The molecule has 0 radical (unpaired) electrons. The molecule has 0 aliphatic carbocycles. The Hall–Kier alpha value is -1.43. The number of ether oxygens (including phenoxy) is 1. The minimum absolute atomic E-state index is 0.0474. The lowest BCUT2D eigenvalue weighted by Crippen LogP contribution is -2.11. The first kappa shape index (κ1) is 14.6. The third kappa shape index (κ3) is 4.83. The van der Waals surface area contributed by atoms with Crippen LogP contribution in [0.1, 0.15) is 12.0 Å². The smallest absolute Gasteiger partial charge is 0.261 e. The van der Waals surface area contributed by atoms with Gasteiger partial charge in [-0.25, -0.2) is 17.6 Å². The molecular formula is C12H12F4O2. The lowest BCUT2D eigenvalue weighted by Gasteiger charge is -2.04. The van der Waals surface area contributed by atoms with Crippen LogP contribution in [0.15, 0.2) is 18.2 Å². The summed E-state index contributed by atoms with van der Waals surface area (Å²) in [6, 6.07) is 3.56. The third-order valence-corrected chi connectivity index (χ3v) is 2.19. The number of carbonyl (C=O) groups is 1. The van der Waals surface area contributed by atoms with Crippen LogP contribution in [0, 0.1) is 11.6 Å².